The normalized spacial score (nSPS) is 8.81. The Kier molecular flexibility index (Phi) is 5.56. The van der Waals surface area contributed by atoms with E-state index in [9.17, 15) is 0 Å². The van der Waals surface area contributed by atoms with Crippen LogP contribution in [0.3, 0.4) is 0 Å². The maximum absolute atomic E-state index is 6.76. The highest BCUT2D eigenvalue weighted by Crippen LogP contribution is 1.96. The second-order valence-corrected chi connectivity index (χ2v) is 3.24. The number of aromatic nitrogens is 1. The Morgan fingerprint density at radius 2 is 1.75 bits per heavy atom. The van der Waals surface area contributed by atoms with E-state index in [-0.39, 0.29) is 0 Å². The minimum absolute atomic E-state index is 0.701. The molecule has 0 aliphatic carbocycles. The number of aryl methyl sites for hydroxylation is 1. The van der Waals surface area contributed by atoms with Crippen molar-refractivity contribution in [1.82, 2.24) is 4.98 Å². The molecule has 0 saturated carbocycles. The van der Waals surface area contributed by atoms with Gasteiger partial charge in [-0.3, -0.25) is 4.98 Å². The second kappa shape index (κ2) is 7.35. The third-order valence-corrected chi connectivity index (χ3v) is 2.09. The molecule has 0 atom stereocenters. The van der Waals surface area contributed by atoms with Crippen molar-refractivity contribution >= 4 is 6.21 Å². The molecule has 0 amide bonds. The van der Waals surface area contributed by atoms with Crippen molar-refractivity contribution in [2.24, 2.45) is 0 Å². The van der Waals surface area contributed by atoms with Crippen molar-refractivity contribution in [2.75, 3.05) is 0 Å². The molecule has 1 aromatic heterocycles. The molecule has 0 saturated heterocycles. The smallest absolute Gasteiger partial charge is 0.0805 e. The zero-order valence-corrected chi connectivity index (χ0v) is 9.43. The molecule has 0 fully saturated rings. The van der Waals surface area contributed by atoms with Gasteiger partial charge in [0, 0.05) is 12.4 Å². The lowest BCUT2D eigenvalue weighted by atomic mass is 10.2. The molecule has 0 spiro atoms. The third-order valence-electron chi connectivity index (χ3n) is 2.09. The molecule has 2 heteroatoms. The first-order valence-corrected chi connectivity index (χ1v) is 5.32. The first-order chi connectivity index (χ1) is 7.86. The van der Waals surface area contributed by atoms with E-state index in [1.54, 1.807) is 12.3 Å². The fourth-order valence-electron chi connectivity index (χ4n) is 1.18. The summed E-state index contributed by atoms with van der Waals surface area (Å²) in [7, 11) is 0. The van der Waals surface area contributed by atoms with E-state index >= 15 is 0 Å². The average molecular weight is 212 g/mol. The molecule has 0 unspecified atom stereocenters. The summed E-state index contributed by atoms with van der Waals surface area (Å²) >= 11 is 0. The molecule has 0 bridgehead atoms. The van der Waals surface area contributed by atoms with E-state index in [4.69, 9.17) is 5.41 Å². The van der Waals surface area contributed by atoms with Crippen molar-refractivity contribution < 1.29 is 0 Å². The predicted molar refractivity (Wildman–Crippen MR) is 67.9 cm³/mol. The molecule has 2 rings (SSSR count). The van der Waals surface area contributed by atoms with Crippen LogP contribution in [0, 0.1) is 5.41 Å². The summed E-state index contributed by atoms with van der Waals surface area (Å²) < 4.78 is 0. The van der Waals surface area contributed by atoms with Gasteiger partial charge >= 0.3 is 0 Å². The Morgan fingerprint density at radius 1 is 1.06 bits per heavy atom. The zero-order chi connectivity index (χ0) is 11.6. The van der Waals surface area contributed by atoms with Crippen molar-refractivity contribution in [2.45, 2.75) is 13.3 Å². The van der Waals surface area contributed by atoms with Gasteiger partial charge in [-0.05, 0) is 24.1 Å². The SMILES string of the molecule is CCc1ccccc1.N=Cc1ccccn1. The summed E-state index contributed by atoms with van der Waals surface area (Å²) in [4.78, 5) is 3.85. The predicted octanol–water partition coefficient (Wildman–Crippen LogP) is 3.33. The Bertz CT molecular complexity index is 396. The maximum atomic E-state index is 6.76. The topological polar surface area (TPSA) is 36.7 Å². The van der Waals surface area contributed by atoms with Gasteiger partial charge in [0.2, 0.25) is 0 Å². The standard InChI is InChI=1S/C8H10.C6H6N2/c1-2-8-6-4-3-5-7-8;7-5-6-3-1-2-4-8-6/h3-7H,2H2,1H3;1-5,7H. The number of nitrogens with zero attached hydrogens (tertiary/aromatic N) is 1. The van der Waals surface area contributed by atoms with Gasteiger partial charge in [-0.15, -0.1) is 0 Å². The lowest BCUT2D eigenvalue weighted by molar-refractivity contribution is 1.14. The largest absolute Gasteiger partial charge is 0.307 e. The number of rotatable bonds is 2. The molecule has 1 N–H and O–H groups in total. The van der Waals surface area contributed by atoms with Crippen LogP contribution in [0.5, 0.6) is 0 Å². The van der Waals surface area contributed by atoms with Crippen LogP contribution in [-0.4, -0.2) is 11.2 Å². The van der Waals surface area contributed by atoms with E-state index in [1.807, 2.05) is 18.2 Å². The van der Waals surface area contributed by atoms with E-state index in [0.717, 1.165) is 6.42 Å². The summed E-state index contributed by atoms with van der Waals surface area (Å²) in [6.45, 7) is 2.16. The molecule has 2 nitrogen and oxygen atoms in total. The molecule has 1 aromatic carbocycles. The van der Waals surface area contributed by atoms with Crippen LogP contribution in [0.1, 0.15) is 18.2 Å². The molecule has 82 valence electrons. The summed E-state index contributed by atoms with van der Waals surface area (Å²) in [5.41, 5.74) is 2.11. The summed E-state index contributed by atoms with van der Waals surface area (Å²) in [6, 6.07) is 15.9. The van der Waals surface area contributed by atoms with Crippen molar-refractivity contribution in [3.63, 3.8) is 0 Å². The first kappa shape index (κ1) is 12.1. The van der Waals surface area contributed by atoms with E-state index in [1.165, 1.54) is 11.8 Å². The fraction of sp³-hybridized carbons (Fsp3) is 0.143. The number of benzene rings is 1. The highest BCUT2D eigenvalue weighted by Gasteiger charge is 1.80. The molecule has 16 heavy (non-hydrogen) atoms. The van der Waals surface area contributed by atoms with Crippen molar-refractivity contribution in [3.8, 4) is 0 Å². The van der Waals surface area contributed by atoms with Gasteiger partial charge in [0.25, 0.3) is 0 Å². The monoisotopic (exact) mass is 212 g/mol. The Hall–Kier alpha value is -1.96. The Balaban J connectivity index is 0.000000160. The quantitative estimate of drug-likeness (QED) is 0.762. The van der Waals surface area contributed by atoms with E-state index in [2.05, 4.69) is 36.2 Å². The lowest BCUT2D eigenvalue weighted by Gasteiger charge is -1.89. The Morgan fingerprint density at radius 3 is 2.12 bits per heavy atom. The highest BCUT2D eigenvalue weighted by molar-refractivity contribution is 5.73. The van der Waals surface area contributed by atoms with Crippen LogP contribution in [0.4, 0.5) is 0 Å². The van der Waals surface area contributed by atoms with Gasteiger partial charge in [-0.25, -0.2) is 0 Å². The van der Waals surface area contributed by atoms with E-state index < -0.39 is 0 Å². The second-order valence-electron chi connectivity index (χ2n) is 3.24. The fourth-order valence-corrected chi connectivity index (χ4v) is 1.18. The molecule has 0 aliphatic heterocycles. The zero-order valence-electron chi connectivity index (χ0n) is 9.43. The van der Waals surface area contributed by atoms with Gasteiger partial charge in [0.1, 0.15) is 0 Å². The van der Waals surface area contributed by atoms with Gasteiger partial charge in [0.05, 0.1) is 5.69 Å². The van der Waals surface area contributed by atoms with Gasteiger partial charge in [-0.2, -0.15) is 0 Å². The van der Waals surface area contributed by atoms with Crippen LogP contribution < -0.4 is 0 Å². The molecule has 0 aliphatic rings. The molecule has 1 heterocycles. The van der Waals surface area contributed by atoms with Gasteiger partial charge < -0.3 is 5.41 Å². The summed E-state index contributed by atoms with van der Waals surface area (Å²) in [5.74, 6) is 0. The average Bonchev–Trinajstić information content (AvgIpc) is 2.41. The van der Waals surface area contributed by atoms with Gasteiger partial charge in [0.15, 0.2) is 0 Å². The van der Waals surface area contributed by atoms with Crippen molar-refractivity contribution in [3.05, 3.63) is 66.0 Å². The molecule has 0 radical (unpaired) electrons. The molecule has 2 aromatic rings. The summed E-state index contributed by atoms with van der Waals surface area (Å²) in [5, 5.41) is 6.76. The molecular weight excluding hydrogens is 196 g/mol. The van der Waals surface area contributed by atoms with Crippen LogP contribution in [0.2, 0.25) is 0 Å². The summed E-state index contributed by atoms with van der Waals surface area (Å²) in [6.07, 6.45) is 4.03. The lowest BCUT2D eigenvalue weighted by Crippen LogP contribution is -1.80. The van der Waals surface area contributed by atoms with E-state index in [0.29, 0.717) is 5.69 Å². The maximum Gasteiger partial charge on any atom is 0.0805 e. The number of nitrogens with one attached hydrogen (secondary N) is 1. The minimum Gasteiger partial charge on any atom is -0.307 e. The molecular formula is C14H16N2. The Labute approximate surface area is 96.5 Å². The number of hydrogen-bond donors (Lipinski definition) is 1. The number of hydrogen-bond acceptors (Lipinski definition) is 2. The number of pyridine rings is 1. The minimum atomic E-state index is 0.701. The van der Waals surface area contributed by atoms with Crippen molar-refractivity contribution in [1.29, 1.82) is 5.41 Å². The first-order valence-electron chi connectivity index (χ1n) is 5.32. The van der Waals surface area contributed by atoms with Crippen LogP contribution in [-0.2, 0) is 6.42 Å². The van der Waals surface area contributed by atoms with Crippen LogP contribution >= 0.6 is 0 Å². The van der Waals surface area contributed by atoms with Gasteiger partial charge in [-0.1, -0.05) is 43.3 Å². The highest BCUT2D eigenvalue weighted by atomic mass is 14.7. The van der Waals surface area contributed by atoms with Crippen LogP contribution in [0.15, 0.2) is 54.7 Å². The third kappa shape index (κ3) is 4.51. The van der Waals surface area contributed by atoms with Crippen LogP contribution in [0.25, 0.3) is 0 Å².